The summed E-state index contributed by atoms with van der Waals surface area (Å²) in [6.07, 6.45) is -0.895. The Hall–Kier alpha value is -0.930. The fourth-order valence-electron chi connectivity index (χ4n) is 1.01. The maximum atomic E-state index is 12.5. The molecule has 18 heavy (non-hydrogen) atoms. The summed E-state index contributed by atoms with van der Waals surface area (Å²) < 4.78 is 36.8. The Bertz CT molecular complexity index is 534. The smallest absolute Gasteiger partial charge is 0.242 e. The van der Waals surface area contributed by atoms with E-state index in [0.29, 0.717) is 9.35 Å². The molecule has 0 unspecified atom stereocenters. The van der Waals surface area contributed by atoms with Crippen LogP contribution in [0.2, 0.25) is 0 Å². The predicted octanol–water partition coefficient (Wildman–Crippen LogP) is 4.22. The van der Waals surface area contributed by atoms with E-state index in [-0.39, 0.29) is 12.2 Å². The van der Waals surface area contributed by atoms with Crippen molar-refractivity contribution in [2.45, 2.75) is 10.8 Å². The third kappa shape index (κ3) is 3.53. The van der Waals surface area contributed by atoms with Gasteiger partial charge in [-0.3, -0.25) is 0 Å². The Labute approximate surface area is 113 Å². The maximum Gasteiger partial charge on any atom is 0.301 e. The first-order valence-electron chi connectivity index (χ1n) is 4.72. The van der Waals surface area contributed by atoms with Crippen molar-refractivity contribution >= 4 is 34.4 Å². The lowest BCUT2D eigenvalue weighted by Gasteiger charge is -1.94. The normalized spacial score (nSPS) is 10.6. The summed E-state index contributed by atoms with van der Waals surface area (Å²) in [6.45, 7) is 0. The zero-order valence-corrected chi connectivity index (χ0v) is 11.2. The first-order chi connectivity index (χ1) is 8.66. The molecule has 0 bridgehead atoms. The number of nitrogens with zero attached hydrogens (tertiary/aromatic N) is 3. The van der Waals surface area contributed by atoms with E-state index in [9.17, 15) is 13.2 Å². The molecule has 9 heteroatoms. The lowest BCUT2D eigenvalue weighted by Crippen LogP contribution is -1.82. The van der Waals surface area contributed by atoms with E-state index in [0.717, 1.165) is 5.01 Å². The van der Waals surface area contributed by atoms with Gasteiger partial charge in [0, 0.05) is 23.8 Å². The van der Waals surface area contributed by atoms with Crippen LogP contribution in [0.3, 0.4) is 0 Å². The summed E-state index contributed by atoms with van der Waals surface area (Å²) in [5.41, 5.74) is 0. The molecule has 0 radical (unpaired) electrons. The summed E-state index contributed by atoms with van der Waals surface area (Å²) in [7, 11) is 0. The minimum Gasteiger partial charge on any atom is -0.242 e. The van der Waals surface area contributed by atoms with Crippen molar-refractivity contribution in [3.63, 3.8) is 0 Å². The molecule has 0 atom stereocenters. The van der Waals surface area contributed by atoms with Crippen molar-refractivity contribution in [1.82, 2.24) is 15.2 Å². The van der Waals surface area contributed by atoms with E-state index in [1.165, 1.54) is 34.4 Å². The van der Waals surface area contributed by atoms with Crippen molar-refractivity contribution in [1.29, 1.82) is 0 Å². The summed E-state index contributed by atoms with van der Waals surface area (Å²) in [5, 5.41) is 11.1. The topological polar surface area (TPSA) is 38.7 Å². The van der Waals surface area contributed by atoms with Crippen molar-refractivity contribution < 1.29 is 13.2 Å². The van der Waals surface area contributed by atoms with Crippen molar-refractivity contribution in [2.24, 2.45) is 0 Å². The number of rotatable bonds is 5. The molecular formula is C9H6F3N3S3. The minimum absolute atomic E-state index is 0.204. The van der Waals surface area contributed by atoms with Gasteiger partial charge in [0.25, 0.3) is 0 Å². The van der Waals surface area contributed by atoms with Gasteiger partial charge in [0.1, 0.15) is 0 Å². The molecule has 2 aromatic heterocycles. The van der Waals surface area contributed by atoms with Crippen molar-refractivity contribution in [3.8, 4) is 10.0 Å². The molecular weight excluding hydrogens is 303 g/mol. The van der Waals surface area contributed by atoms with E-state index in [4.69, 9.17) is 0 Å². The number of allylic oxidation sites excluding steroid dienone is 1. The van der Waals surface area contributed by atoms with Crippen LogP contribution in [0.5, 0.6) is 0 Å². The molecule has 3 nitrogen and oxygen atoms in total. The molecule has 2 rings (SSSR count). The van der Waals surface area contributed by atoms with Crippen LogP contribution in [0, 0.1) is 0 Å². The fourth-order valence-corrected chi connectivity index (χ4v) is 3.54. The van der Waals surface area contributed by atoms with E-state index in [1.807, 2.05) is 5.38 Å². The number of hydrogen-bond donors (Lipinski definition) is 0. The predicted molar refractivity (Wildman–Crippen MR) is 66.7 cm³/mol. The SMILES string of the molecule is FC(F)=C(F)CCSc1nnc(-c2nccs2)s1. The van der Waals surface area contributed by atoms with Gasteiger partial charge < -0.3 is 0 Å². The van der Waals surface area contributed by atoms with Crippen LogP contribution in [0.1, 0.15) is 6.42 Å². The van der Waals surface area contributed by atoms with Gasteiger partial charge in [0.05, 0.1) is 0 Å². The zero-order chi connectivity index (χ0) is 13.0. The Morgan fingerprint density at radius 2 is 2.06 bits per heavy atom. The molecule has 0 N–H and O–H groups in total. The lowest BCUT2D eigenvalue weighted by atomic mass is 10.4. The summed E-state index contributed by atoms with van der Waals surface area (Å²) in [5.74, 6) is -1.16. The second-order valence-electron chi connectivity index (χ2n) is 2.97. The third-order valence-electron chi connectivity index (χ3n) is 1.77. The summed E-state index contributed by atoms with van der Waals surface area (Å²) >= 11 is 3.95. The quantitative estimate of drug-likeness (QED) is 0.775. The molecule has 2 aromatic rings. The minimum atomic E-state index is -2.25. The second kappa shape index (κ2) is 6.30. The average Bonchev–Trinajstić information content (AvgIpc) is 2.98. The third-order valence-corrected chi connectivity index (χ3v) is 4.75. The number of thiazole rings is 1. The fraction of sp³-hybridized carbons (Fsp3) is 0.222. The van der Waals surface area contributed by atoms with Gasteiger partial charge in [-0.05, 0) is 0 Å². The van der Waals surface area contributed by atoms with Crippen LogP contribution in [0.4, 0.5) is 13.2 Å². The van der Waals surface area contributed by atoms with Crippen LogP contribution in [-0.2, 0) is 0 Å². The molecule has 0 aliphatic rings. The van der Waals surface area contributed by atoms with Gasteiger partial charge in [-0.15, -0.1) is 21.5 Å². The van der Waals surface area contributed by atoms with Gasteiger partial charge in [0.2, 0.25) is 0 Å². The van der Waals surface area contributed by atoms with Crippen LogP contribution in [-0.4, -0.2) is 20.9 Å². The second-order valence-corrected chi connectivity index (χ2v) is 6.19. The van der Waals surface area contributed by atoms with Gasteiger partial charge >= 0.3 is 6.08 Å². The van der Waals surface area contributed by atoms with Gasteiger partial charge in [0.15, 0.2) is 20.2 Å². The van der Waals surface area contributed by atoms with Crippen LogP contribution >= 0.6 is 34.4 Å². The molecule has 0 aliphatic heterocycles. The molecule has 0 fully saturated rings. The first-order valence-corrected chi connectivity index (χ1v) is 7.41. The van der Waals surface area contributed by atoms with Gasteiger partial charge in [-0.2, -0.15) is 8.78 Å². The van der Waals surface area contributed by atoms with Crippen molar-refractivity contribution in [3.05, 3.63) is 23.5 Å². The molecule has 0 saturated heterocycles. The molecule has 0 saturated carbocycles. The molecule has 0 amide bonds. The number of aromatic nitrogens is 3. The summed E-state index contributed by atoms with van der Waals surface area (Å²) in [6, 6.07) is 0. The standard InChI is InChI=1S/C9H6F3N3S3/c10-5(6(11)12)1-3-17-9-15-14-8(18-9)7-13-2-4-16-7/h2,4H,1,3H2. The molecule has 2 heterocycles. The molecule has 0 spiro atoms. The lowest BCUT2D eigenvalue weighted by molar-refractivity contribution is 0.373. The van der Waals surface area contributed by atoms with E-state index >= 15 is 0 Å². The van der Waals surface area contributed by atoms with Crippen LogP contribution in [0.15, 0.2) is 27.8 Å². The van der Waals surface area contributed by atoms with Crippen molar-refractivity contribution in [2.75, 3.05) is 5.75 Å². The number of thioether (sulfide) groups is 1. The Morgan fingerprint density at radius 1 is 1.22 bits per heavy atom. The summed E-state index contributed by atoms with van der Waals surface area (Å²) in [4.78, 5) is 4.08. The highest BCUT2D eigenvalue weighted by Gasteiger charge is 2.10. The zero-order valence-electron chi connectivity index (χ0n) is 8.77. The Morgan fingerprint density at radius 3 is 2.72 bits per heavy atom. The highest BCUT2D eigenvalue weighted by Crippen LogP contribution is 2.31. The average molecular weight is 309 g/mol. The van der Waals surface area contributed by atoms with E-state index < -0.39 is 11.9 Å². The highest BCUT2D eigenvalue weighted by molar-refractivity contribution is 8.01. The first kappa shape index (κ1) is 13.5. The van der Waals surface area contributed by atoms with Crippen LogP contribution < -0.4 is 0 Å². The molecule has 96 valence electrons. The number of hydrogen-bond acceptors (Lipinski definition) is 6. The highest BCUT2D eigenvalue weighted by atomic mass is 32.2. The molecule has 0 aromatic carbocycles. The van der Waals surface area contributed by atoms with Gasteiger partial charge in [-0.1, -0.05) is 23.1 Å². The maximum absolute atomic E-state index is 12.5. The van der Waals surface area contributed by atoms with Crippen LogP contribution in [0.25, 0.3) is 10.0 Å². The van der Waals surface area contributed by atoms with Gasteiger partial charge in [-0.25, -0.2) is 9.37 Å². The Balaban J connectivity index is 1.90. The molecule has 0 aliphatic carbocycles. The van der Waals surface area contributed by atoms with E-state index in [1.54, 1.807) is 6.20 Å². The van der Waals surface area contributed by atoms with E-state index in [2.05, 4.69) is 15.2 Å². The monoisotopic (exact) mass is 309 g/mol. The number of halogens is 3. The largest absolute Gasteiger partial charge is 0.301 e. The Kier molecular flexibility index (Phi) is 4.72.